The standard InChI is InChI=1S/C26H17F2N5O5/c27-21-13(6-8-18-23(21)33(26(36)37-18)17-7-9-19(34)30-25(17)35)11-20-31-24(32-38-20)16-5-1-4-15(22(16)28)14-3-2-10-29-12-14/h1-6,8,10,12,17H,7,9,11H2,(H,30,34,35). The molecular formula is C26H17F2N5O5. The molecule has 0 saturated carbocycles. The van der Waals surface area contributed by atoms with Gasteiger partial charge in [-0.1, -0.05) is 29.4 Å². The molecular weight excluding hydrogens is 500 g/mol. The van der Waals surface area contributed by atoms with Crippen LogP contribution < -0.4 is 11.1 Å². The van der Waals surface area contributed by atoms with Gasteiger partial charge in [0.1, 0.15) is 17.4 Å². The summed E-state index contributed by atoms with van der Waals surface area (Å²) in [5.41, 5.74) is 0.800. The maximum Gasteiger partial charge on any atom is 0.420 e. The van der Waals surface area contributed by atoms with Crippen molar-refractivity contribution < 1.29 is 27.3 Å². The van der Waals surface area contributed by atoms with Gasteiger partial charge in [0.2, 0.25) is 23.5 Å². The van der Waals surface area contributed by atoms with Crippen molar-refractivity contribution >= 4 is 22.9 Å². The van der Waals surface area contributed by atoms with Crippen LogP contribution in [0.3, 0.4) is 0 Å². The van der Waals surface area contributed by atoms with E-state index in [1.54, 1.807) is 30.5 Å². The van der Waals surface area contributed by atoms with Crippen LogP contribution in [0.25, 0.3) is 33.6 Å². The fraction of sp³-hybridized carbons (Fsp3) is 0.154. The van der Waals surface area contributed by atoms with Gasteiger partial charge in [0.15, 0.2) is 11.4 Å². The highest BCUT2D eigenvalue weighted by atomic mass is 19.1. The second-order valence-corrected chi connectivity index (χ2v) is 8.69. The van der Waals surface area contributed by atoms with E-state index in [9.17, 15) is 14.4 Å². The van der Waals surface area contributed by atoms with Gasteiger partial charge < -0.3 is 8.94 Å². The Morgan fingerprint density at radius 1 is 1.03 bits per heavy atom. The van der Waals surface area contributed by atoms with E-state index in [0.29, 0.717) is 11.1 Å². The van der Waals surface area contributed by atoms with Crippen molar-refractivity contribution in [1.29, 1.82) is 0 Å². The number of oxazole rings is 1. The summed E-state index contributed by atoms with van der Waals surface area (Å²) < 4.78 is 42.3. The van der Waals surface area contributed by atoms with Crippen molar-refractivity contribution in [2.45, 2.75) is 25.3 Å². The fourth-order valence-electron chi connectivity index (χ4n) is 4.53. The van der Waals surface area contributed by atoms with Gasteiger partial charge in [0, 0.05) is 29.9 Å². The molecule has 0 bridgehead atoms. The normalized spacial score (nSPS) is 15.7. The number of hydrogen-bond donors (Lipinski definition) is 1. The Balaban J connectivity index is 1.33. The van der Waals surface area contributed by atoms with Gasteiger partial charge in [-0.3, -0.25) is 24.5 Å². The Hall–Kier alpha value is -5.00. The lowest BCUT2D eigenvalue weighted by Crippen LogP contribution is -2.43. The van der Waals surface area contributed by atoms with Crippen molar-refractivity contribution in [2.75, 3.05) is 0 Å². The van der Waals surface area contributed by atoms with Crippen LogP contribution in [0.4, 0.5) is 8.78 Å². The predicted molar refractivity (Wildman–Crippen MR) is 128 cm³/mol. The summed E-state index contributed by atoms with van der Waals surface area (Å²) in [6.07, 6.45) is 2.97. The third-order valence-electron chi connectivity index (χ3n) is 6.34. The maximum atomic E-state index is 15.6. The number of carbonyl (C=O) groups excluding carboxylic acids is 2. The Morgan fingerprint density at radius 3 is 2.66 bits per heavy atom. The number of nitrogens with one attached hydrogen (secondary N) is 1. The molecule has 2 amide bonds. The number of piperidine rings is 1. The zero-order valence-electron chi connectivity index (χ0n) is 19.5. The summed E-state index contributed by atoms with van der Waals surface area (Å²) in [7, 11) is 0. The van der Waals surface area contributed by atoms with Crippen molar-refractivity contribution in [3.05, 3.63) is 88.5 Å². The predicted octanol–water partition coefficient (Wildman–Crippen LogP) is 3.55. The van der Waals surface area contributed by atoms with E-state index in [1.807, 2.05) is 0 Å². The number of benzene rings is 2. The molecule has 38 heavy (non-hydrogen) atoms. The molecule has 1 atom stereocenters. The maximum absolute atomic E-state index is 15.6. The van der Waals surface area contributed by atoms with Gasteiger partial charge in [-0.15, -0.1) is 0 Å². The number of pyridine rings is 1. The second kappa shape index (κ2) is 9.14. The monoisotopic (exact) mass is 517 g/mol. The average molecular weight is 517 g/mol. The molecule has 4 heterocycles. The van der Waals surface area contributed by atoms with Crippen molar-refractivity contribution in [3.63, 3.8) is 0 Å². The molecule has 1 unspecified atom stereocenters. The number of aromatic nitrogens is 4. The van der Waals surface area contributed by atoms with Crippen LogP contribution in [0.15, 0.2) is 68.6 Å². The van der Waals surface area contributed by atoms with Crippen LogP contribution in [-0.2, 0) is 16.0 Å². The van der Waals surface area contributed by atoms with Crippen LogP contribution in [0.2, 0.25) is 0 Å². The minimum absolute atomic E-state index is 0.000135. The minimum Gasteiger partial charge on any atom is -0.408 e. The van der Waals surface area contributed by atoms with E-state index in [-0.39, 0.29) is 53.2 Å². The molecule has 1 saturated heterocycles. The number of nitrogens with zero attached hydrogens (tertiary/aromatic N) is 4. The number of rotatable bonds is 5. The molecule has 12 heteroatoms. The first-order valence-electron chi connectivity index (χ1n) is 11.6. The summed E-state index contributed by atoms with van der Waals surface area (Å²) >= 11 is 0. The number of amides is 2. The molecule has 1 aliphatic heterocycles. The smallest absolute Gasteiger partial charge is 0.408 e. The first-order chi connectivity index (χ1) is 18.4. The lowest BCUT2D eigenvalue weighted by Gasteiger charge is -2.21. The lowest BCUT2D eigenvalue weighted by molar-refractivity contribution is -0.135. The molecule has 1 fully saturated rings. The molecule has 2 aromatic carbocycles. The Morgan fingerprint density at radius 2 is 1.87 bits per heavy atom. The summed E-state index contributed by atoms with van der Waals surface area (Å²) in [5.74, 6) is -3.50. The van der Waals surface area contributed by atoms with Crippen molar-refractivity contribution in [3.8, 4) is 22.5 Å². The number of imide groups is 1. The number of fused-ring (bicyclic) bond motifs is 1. The van der Waals surface area contributed by atoms with E-state index in [2.05, 4.69) is 20.4 Å². The molecule has 10 nitrogen and oxygen atoms in total. The SMILES string of the molecule is O=C1CCC(n2c(=O)oc3ccc(Cc4nc(-c5cccc(-c6cccnc6)c5F)no4)c(F)c32)C(=O)N1. The molecule has 0 spiro atoms. The van der Waals surface area contributed by atoms with Gasteiger partial charge in [-0.25, -0.2) is 13.6 Å². The highest BCUT2D eigenvalue weighted by molar-refractivity contribution is 6.00. The van der Waals surface area contributed by atoms with E-state index in [1.165, 1.54) is 24.4 Å². The van der Waals surface area contributed by atoms with Crippen molar-refractivity contribution in [1.82, 2.24) is 25.0 Å². The van der Waals surface area contributed by atoms with Gasteiger partial charge in [-0.2, -0.15) is 4.98 Å². The molecule has 3 aromatic heterocycles. The summed E-state index contributed by atoms with van der Waals surface area (Å²) in [6, 6.07) is 9.86. The lowest BCUT2D eigenvalue weighted by atomic mass is 10.0. The molecule has 0 radical (unpaired) electrons. The Kier molecular flexibility index (Phi) is 5.63. The Labute approximate surface area is 211 Å². The van der Waals surface area contributed by atoms with E-state index in [4.69, 9.17) is 8.94 Å². The number of halogens is 2. The van der Waals surface area contributed by atoms with Gasteiger partial charge in [0.05, 0.1) is 12.0 Å². The second-order valence-electron chi connectivity index (χ2n) is 8.69. The Bertz CT molecular complexity index is 1780. The molecule has 1 aliphatic rings. The summed E-state index contributed by atoms with van der Waals surface area (Å²) in [5, 5.41) is 6.01. The summed E-state index contributed by atoms with van der Waals surface area (Å²) in [4.78, 5) is 44.6. The van der Waals surface area contributed by atoms with Crippen LogP contribution in [0.5, 0.6) is 0 Å². The van der Waals surface area contributed by atoms with Crippen LogP contribution in [-0.4, -0.2) is 31.5 Å². The molecule has 1 N–H and O–H groups in total. The number of carbonyl (C=O) groups is 2. The molecule has 6 rings (SSSR count). The summed E-state index contributed by atoms with van der Waals surface area (Å²) in [6.45, 7) is 0. The van der Waals surface area contributed by atoms with Crippen molar-refractivity contribution in [2.24, 2.45) is 0 Å². The van der Waals surface area contributed by atoms with Gasteiger partial charge in [0.25, 0.3) is 0 Å². The molecule has 0 aliphatic carbocycles. The topological polar surface area (TPSA) is 133 Å². The van der Waals surface area contributed by atoms with E-state index in [0.717, 1.165) is 4.57 Å². The van der Waals surface area contributed by atoms with Gasteiger partial charge in [-0.05, 0) is 30.2 Å². The fourth-order valence-corrected chi connectivity index (χ4v) is 4.53. The van der Waals surface area contributed by atoms with Crippen LogP contribution in [0, 0.1) is 11.6 Å². The van der Waals surface area contributed by atoms with Crippen LogP contribution >= 0.6 is 0 Å². The number of hydrogen-bond acceptors (Lipinski definition) is 8. The van der Waals surface area contributed by atoms with E-state index >= 15 is 8.78 Å². The average Bonchev–Trinajstić information content (AvgIpc) is 3.51. The minimum atomic E-state index is -1.10. The highest BCUT2D eigenvalue weighted by Gasteiger charge is 2.33. The highest BCUT2D eigenvalue weighted by Crippen LogP contribution is 2.31. The first kappa shape index (κ1) is 23.4. The largest absolute Gasteiger partial charge is 0.420 e. The zero-order valence-corrected chi connectivity index (χ0v) is 19.5. The third kappa shape index (κ3) is 3.95. The quantitative estimate of drug-likeness (QED) is 0.350. The van der Waals surface area contributed by atoms with E-state index < -0.39 is 35.2 Å². The first-order valence-corrected chi connectivity index (χ1v) is 11.6. The molecule has 190 valence electrons. The third-order valence-corrected chi connectivity index (χ3v) is 6.34. The van der Waals surface area contributed by atoms with Crippen LogP contribution in [0.1, 0.15) is 30.3 Å². The zero-order chi connectivity index (χ0) is 26.4. The molecule has 5 aromatic rings. The van der Waals surface area contributed by atoms with Gasteiger partial charge >= 0.3 is 5.76 Å².